The summed E-state index contributed by atoms with van der Waals surface area (Å²) < 4.78 is 54.6. The van der Waals surface area contributed by atoms with Gasteiger partial charge in [0.2, 0.25) is 59.3 Å². The predicted molar refractivity (Wildman–Crippen MR) is 430 cm³/mol. The summed E-state index contributed by atoms with van der Waals surface area (Å²) in [6, 6.07) is 4.57. The van der Waals surface area contributed by atoms with E-state index in [1.165, 1.54) is 55.1 Å². The number of nitrogens with one attached hydrogen (secondary N) is 10. The zero-order valence-electron chi connectivity index (χ0n) is 65.9. The maximum atomic E-state index is 16.3. The first kappa shape index (κ1) is 90.8. The number of hydrazine groups is 1. The van der Waals surface area contributed by atoms with E-state index in [-0.39, 0.29) is 71.6 Å². The van der Waals surface area contributed by atoms with Crippen LogP contribution in [0.4, 0.5) is 10.2 Å². The van der Waals surface area contributed by atoms with Gasteiger partial charge in [-0.05, 0) is 139 Å². The minimum absolute atomic E-state index is 0.0627. The number of aromatic hydroxyl groups is 3. The number of benzene rings is 6. The molecule has 7 aliphatic rings. The van der Waals surface area contributed by atoms with Crippen molar-refractivity contribution in [2.75, 3.05) is 25.5 Å². The number of carbonyl (C=O) groups excluding carboxylic acids is 9. The Morgan fingerprint density at radius 1 is 0.724 bits per heavy atom. The van der Waals surface area contributed by atoms with E-state index in [2.05, 4.69) is 52.8 Å². The second kappa shape index (κ2) is 38.1. The number of hydrogen-bond donors (Lipinski definition) is 21. The number of carbonyl (C=O) groups is 9. The summed E-state index contributed by atoms with van der Waals surface area (Å²) in [6.45, 7) is 5.49. The molecule has 2 saturated heterocycles. The molecule has 0 unspecified atom stereocenters. The molecule has 6 aromatic carbocycles. The lowest BCUT2D eigenvalue weighted by molar-refractivity contribution is -0.334. The van der Waals surface area contributed by atoms with Crippen LogP contribution in [0.2, 0.25) is 15.1 Å². The van der Waals surface area contributed by atoms with Crippen molar-refractivity contribution in [2.24, 2.45) is 17.5 Å². The number of phenols is 3. The molecule has 14 rings (SSSR count). The Hall–Kier alpha value is -11.5. The Kier molecular flexibility index (Phi) is 28.1. The fourth-order valence-electron chi connectivity index (χ4n) is 14.9. The molecule has 656 valence electrons. The lowest BCUT2D eigenvalue weighted by atomic mass is 9.85. The molecule has 11 bridgehead atoms. The summed E-state index contributed by atoms with van der Waals surface area (Å²) in [5, 5.41) is 128. The van der Waals surface area contributed by atoms with Crippen molar-refractivity contribution in [2.45, 2.75) is 169 Å². The predicted octanol–water partition coefficient (Wildman–Crippen LogP) is 0.873. The van der Waals surface area contributed by atoms with E-state index in [4.69, 9.17) is 74.8 Å². The summed E-state index contributed by atoms with van der Waals surface area (Å²) in [6.07, 6.45) is -18.6. The molecule has 8 heterocycles. The second-order valence-electron chi connectivity index (χ2n) is 30.5. The molecule has 7 aromatic rings. The molecule has 39 nitrogen and oxygen atoms in total. The SMILES string of the molecule is CN[C@H](CC(C)C)C(=O)N[C@H]1C(=O)N[C@@H](CC(N)=O)C(=O)N[C@H]2C(=O)N[C@H]3C(=O)N[C@H](C(=O)N[C@@H](C(=O)NN)c4cc(O)cc(O)c4-c4cc3ccc4O)[C@H](O)c3ccc(c(Cl)c3)Oc3cc2cc(c3O[C@@H]2O[C@H](CO)[C@@H](O)[C@H](O)[C@H]2O[C@H]2C[C@](C)(NCCn3ccc(NC(=O)Cc4ccc(Cl)c(F)c4)nc3=O)[C@H](O)[C@H](C)O2)Oc2ccc(cc2Cl)[C@H]1O. The monoisotopic (exact) mass is 1770 g/mol. The van der Waals surface area contributed by atoms with Crippen molar-refractivity contribution in [1.29, 1.82) is 0 Å². The number of nitrogens with zero attached hydrogens (tertiary/aromatic N) is 2. The number of primary amides is 1. The lowest BCUT2D eigenvalue weighted by Crippen LogP contribution is -2.65. The Morgan fingerprint density at radius 2 is 1.37 bits per heavy atom. The number of aliphatic hydroxyl groups is 6. The molecule has 0 radical (unpaired) electrons. The molecule has 0 saturated carbocycles. The van der Waals surface area contributed by atoms with Crippen LogP contribution < -0.4 is 84.8 Å². The number of aromatic nitrogens is 2. The number of halogens is 4. The fraction of sp³-hybridized carbons (Fsp3) is 0.388. The average Bonchev–Trinajstić information content (AvgIpc) is 0.757. The van der Waals surface area contributed by atoms with Gasteiger partial charge in [-0.3, -0.25) is 53.1 Å². The highest BCUT2D eigenvalue weighted by atomic mass is 35.5. The highest BCUT2D eigenvalue weighted by Crippen LogP contribution is 2.50. The van der Waals surface area contributed by atoms with E-state index in [1.807, 2.05) is 19.3 Å². The molecule has 23 N–H and O–H groups in total. The van der Waals surface area contributed by atoms with E-state index >= 15 is 19.2 Å². The zero-order valence-corrected chi connectivity index (χ0v) is 68.1. The third kappa shape index (κ3) is 20.3. The number of rotatable bonds is 20. The molecule has 9 amide bonds. The van der Waals surface area contributed by atoms with Crippen molar-refractivity contribution < 1.29 is 122 Å². The molecule has 1 aromatic heterocycles. The number of fused-ring (bicyclic) bond motifs is 15. The average molecular weight is 1770 g/mol. The maximum absolute atomic E-state index is 16.3. The van der Waals surface area contributed by atoms with Crippen LogP contribution in [0.3, 0.4) is 0 Å². The number of anilines is 1. The first-order chi connectivity index (χ1) is 58.3. The topological polar surface area (TPSA) is 598 Å². The van der Waals surface area contributed by atoms with Gasteiger partial charge in [-0.2, -0.15) is 4.98 Å². The number of ether oxygens (including phenoxy) is 6. The van der Waals surface area contributed by atoms with Crippen LogP contribution in [-0.4, -0.2) is 208 Å². The van der Waals surface area contributed by atoms with Gasteiger partial charge >= 0.3 is 5.69 Å². The van der Waals surface area contributed by atoms with Crippen LogP contribution in [0, 0.1) is 11.7 Å². The van der Waals surface area contributed by atoms with Crippen LogP contribution >= 0.6 is 34.8 Å². The summed E-state index contributed by atoms with van der Waals surface area (Å²) in [7, 11) is 1.46. The van der Waals surface area contributed by atoms with Crippen LogP contribution in [0.15, 0.2) is 114 Å². The first-order valence-electron chi connectivity index (χ1n) is 38.3. The smallest absolute Gasteiger partial charge is 0.349 e. The van der Waals surface area contributed by atoms with Gasteiger partial charge in [0.05, 0.1) is 52.8 Å². The number of likely N-dealkylation sites (N-methyl/N-ethyl adjacent to an activating group) is 1. The van der Waals surface area contributed by atoms with Crippen molar-refractivity contribution in [3.05, 3.63) is 174 Å². The van der Waals surface area contributed by atoms with E-state index < -0.39 is 259 Å². The van der Waals surface area contributed by atoms with Gasteiger partial charge in [0, 0.05) is 48.4 Å². The highest BCUT2D eigenvalue weighted by molar-refractivity contribution is 6.32. The molecule has 0 aliphatic carbocycles. The highest BCUT2D eigenvalue weighted by Gasteiger charge is 2.52. The summed E-state index contributed by atoms with van der Waals surface area (Å²) >= 11 is 20.1. The zero-order chi connectivity index (χ0) is 89.1. The Labute approximate surface area is 713 Å². The molecule has 7 aliphatic heterocycles. The van der Waals surface area contributed by atoms with Gasteiger partial charge in [0.15, 0.2) is 23.9 Å². The minimum Gasteiger partial charge on any atom is -0.508 e. The largest absolute Gasteiger partial charge is 0.508 e. The molecular formula is C80H88Cl3FN14O25. The third-order valence-corrected chi connectivity index (χ3v) is 22.2. The van der Waals surface area contributed by atoms with Gasteiger partial charge in [-0.1, -0.05) is 72.9 Å². The quantitative estimate of drug-likeness (QED) is 0.0286. The molecule has 43 heteroatoms. The molecule has 123 heavy (non-hydrogen) atoms. The maximum Gasteiger partial charge on any atom is 0.349 e. The van der Waals surface area contributed by atoms with E-state index in [1.54, 1.807) is 6.92 Å². The van der Waals surface area contributed by atoms with Crippen LogP contribution in [0.1, 0.15) is 111 Å². The van der Waals surface area contributed by atoms with Gasteiger partial charge in [-0.15, -0.1) is 0 Å². The fourth-order valence-corrected chi connectivity index (χ4v) is 15.5. The molecule has 2 fully saturated rings. The van der Waals surface area contributed by atoms with Crippen LogP contribution in [0.5, 0.6) is 46.0 Å². The van der Waals surface area contributed by atoms with Crippen LogP contribution in [0.25, 0.3) is 11.1 Å². The number of aliphatic hydroxyl groups excluding tert-OH is 6. The lowest BCUT2D eigenvalue weighted by Gasteiger charge is -2.48. The van der Waals surface area contributed by atoms with Gasteiger partial charge < -0.3 is 128 Å². The molecule has 18 atom stereocenters. The van der Waals surface area contributed by atoms with Gasteiger partial charge in [0.25, 0.3) is 5.91 Å². The second-order valence-corrected chi connectivity index (χ2v) is 31.7. The summed E-state index contributed by atoms with van der Waals surface area (Å²) in [5.74, 6) is -11.4. The number of amides is 9. The standard InChI is InChI=1S/C80H88Cl3FN14O25/c1-31(2)18-45(87-5)71(110)95-62-64(105)35-8-12-49(42(82)22-35)119-51-24-37-25-52(68(51)123-78-69(67(108)66(107)53(30-99)121-78)122-57-29-80(4,70(109)32(3)118-57)88-15-17-98-16-14-55(91-79(98)117)90-56(104)20-33-6-10-41(81)44(84)19-33)120-50-13-9-36(23-43(50)83)65(106)63-76(115)94-61(77(116)97-86)40-26-38(100)27-48(102)58(40)39-21-34(7-11-47(39)101)59(73(112)96-63)93-74(113)60(37)92-72(111)46(28-54(85)103)89-75(62)114/h6-14,16,19,21-27,31-32,45-46,53,57,59-67,69-70,78,87-88,99-102,105-109H,15,17-18,20,28-30,86H2,1-5H3,(H2,85,103)(H,89,114)(H,92,111)(H,93,113)(H,94,115)(H,95,110)(H,96,112)(H,97,116)(H,90,91,104,117)/t32-,45+,46-,53+,57-,59+,60+,61+,62+,63-,64+,65+,66+,67-,69+,70+,78-,80-/m0/s1. The number of phenolic OH excluding ortho intramolecular Hbond substituents is 3. The number of hydrogen-bond acceptors (Lipinski definition) is 29. The summed E-state index contributed by atoms with van der Waals surface area (Å²) in [5.41, 5.74) is 3.00. The van der Waals surface area contributed by atoms with Crippen molar-refractivity contribution >= 4 is 93.8 Å². The van der Waals surface area contributed by atoms with Crippen molar-refractivity contribution in [3.63, 3.8) is 0 Å². The Bertz CT molecular complexity index is 5330. The van der Waals surface area contributed by atoms with Gasteiger partial charge in [0.1, 0.15) is 107 Å². The van der Waals surface area contributed by atoms with E-state index in [0.29, 0.717) is 5.56 Å². The summed E-state index contributed by atoms with van der Waals surface area (Å²) in [4.78, 5) is 149. The normalized spacial score (nSPS) is 26.2. The van der Waals surface area contributed by atoms with Crippen LogP contribution in [-0.2, 0) is 70.3 Å². The third-order valence-electron chi connectivity index (χ3n) is 21.3. The first-order valence-corrected chi connectivity index (χ1v) is 39.5. The van der Waals surface area contributed by atoms with E-state index in [9.17, 15) is 79.1 Å². The Balaban J connectivity index is 0.995. The van der Waals surface area contributed by atoms with Crippen molar-refractivity contribution in [3.8, 4) is 57.1 Å². The number of nitrogens with two attached hydrogens (primary N) is 2. The van der Waals surface area contributed by atoms with E-state index in [0.717, 1.165) is 72.8 Å². The molecule has 0 spiro atoms. The Morgan fingerprint density at radius 3 is 2.00 bits per heavy atom. The van der Waals surface area contributed by atoms with Gasteiger partial charge in [-0.25, -0.2) is 15.0 Å². The molecular weight excluding hydrogens is 1680 g/mol. The minimum atomic E-state index is -2.40. The van der Waals surface area contributed by atoms with Crippen molar-refractivity contribution in [1.82, 2.24) is 57.5 Å².